The van der Waals surface area contributed by atoms with Crippen molar-refractivity contribution >= 4 is 11.9 Å². The Kier molecular flexibility index (Phi) is 5.75. The van der Waals surface area contributed by atoms with Gasteiger partial charge in [0, 0.05) is 12.4 Å². The number of aromatic nitrogens is 1. The van der Waals surface area contributed by atoms with Crippen LogP contribution in [0, 0.1) is 0 Å². The number of pyridine rings is 1. The molecule has 1 aromatic heterocycles. The van der Waals surface area contributed by atoms with Crippen molar-refractivity contribution < 1.29 is 14.3 Å². The van der Waals surface area contributed by atoms with Crippen LogP contribution in [0.15, 0.2) is 54.9 Å². The molecular weight excluding hydrogens is 244 g/mol. The zero-order valence-corrected chi connectivity index (χ0v) is 10.4. The van der Waals surface area contributed by atoms with Gasteiger partial charge in [0.25, 0.3) is 0 Å². The lowest BCUT2D eigenvalue weighted by atomic mass is 10.2. The van der Waals surface area contributed by atoms with E-state index in [-0.39, 0.29) is 5.97 Å². The molecule has 0 aliphatic heterocycles. The van der Waals surface area contributed by atoms with E-state index in [2.05, 4.69) is 9.72 Å². The van der Waals surface area contributed by atoms with Crippen LogP contribution in [-0.2, 0) is 4.74 Å². The van der Waals surface area contributed by atoms with Gasteiger partial charge in [-0.2, -0.15) is 0 Å². The molecule has 1 amide bonds. The first-order chi connectivity index (χ1) is 9.15. The Morgan fingerprint density at radius 3 is 2.11 bits per heavy atom. The first-order valence-electron chi connectivity index (χ1n) is 5.48. The Hall–Kier alpha value is -2.69. The lowest BCUT2D eigenvalue weighted by molar-refractivity contribution is 0.0600. The second kappa shape index (κ2) is 7.60. The minimum absolute atomic E-state index is 0.291. The number of rotatable bonds is 2. The highest BCUT2D eigenvalue weighted by atomic mass is 16.5. The average Bonchev–Trinajstić information content (AvgIpc) is 2.49. The molecule has 5 heteroatoms. The molecule has 2 rings (SSSR count). The number of nitrogens with zero attached hydrogens (tertiary/aromatic N) is 1. The quantitative estimate of drug-likeness (QED) is 0.830. The largest absolute Gasteiger partial charge is 0.465 e. The zero-order chi connectivity index (χ0) is 14.1. The molecule has 1 aromatic carbocycles. The maximum absolute atomic E-state index is 10.8. The van der Waals surface area contributed by atoms with Crippen LogP contribution in [0.4, 0.5) is 0 Å². The molecule has 0 saturated heterocycles. The molecule has 19 heavy (non-hydrogen) atoms. The summed E-state index contributed by atoms with van der Waals surface area (Å²) in [4.78, 5) is 24.9. The number of primary amides is 1. The van der Waals surface area contributed by atoms with Crippen LogP contribution >= 0.6 is 0 Å². The van der Waals surface area contributed by atoms with Crippen molar-refractivity contribution in [3.63, 3.8) is 0 Å². The fourth-order valence-corrected chi connectivity index (χ4v) is 1.20. The molecule has 5 nitrogen and oxygen atoms in total. The highest BCUT2D eigenvalue weighted by Crippen LogP contribution is 1.98. The van der Waals surface area contributed by atoms with Crippen molar-refractivity contribution in [2.24, 2.45) is 5.73 Å². The van der Waals surface area contributed by atoms with Gasteiger partial charge in [-0.05, 0) is 24.3 Å². The molecule has 2 aromatic rings. The van der Waals surface area contributed by atoms with E-state index in [0.717, 1.165) is 0 Å². The van der Waals surface area contributed by atoms with Crippen molar-refractivity contribution in [1.29, 1.82) is 0 Å². The van der Waals surface area contributed by atoms with Gasteiger partial charge >= 0.3 is 5.97 Å². The van der Waals surface area contributed by atoms with E-state index in [1.807, 2.05) is 6.07 Å². The fraction of sp³-hybridized carbons (Fsp3) is 0.0714. The Morgan fingerprint density at radius 1 is 1.05 bits per heavy atom. The SMILES string of the molecule is COC(=O)c1ccccc1.NC(=O)c1cccnc1. The van der Waals surface area contributed by atoms with Crippen molar-refractivity contribution in [2.75, 3.05) is 7.11 Å². The van der Waals surface area contributed by atoms with E-state index in [0.29, 0.717) is 11.1 Å². The lowest BCUT2D eigenvalue weighted by Gasteiger charge is -1.95. The summed E-state index contributed by atoms with van der Waals surface area (Å²) in [6.45, 7) is 0. The summed E-state index contributed by atoms with van der Waals surface area (Å²) in [7, 11) is 1.37. The summed E-state index contributed by atoms with van der Waals surface area (Å²) in [5.41, 5.74) is 5.96. The smallest absolute Gasteiger partial charge is 0.337 e. The third kappa shape index (κ3) is 4.99. The molecule has 0 atom stereocenters. The van der Waals surface area contributed by atoms with Gasteiger partial charge in [0.05, 0.1) is 18.2 Å². The maximum Gasteiger partial charge on any atom is 0.337 e. The second-order valence-corrected chi connectivity index (χ2v) is 3.46. The number of ether oxygens (including phenoxy) is 1. The standard InChI is InChI=1S/C8H8O2.C6H6N2O/c1-10-8(9)7-5-3-2-4-6-7;7-6(9)5-2-1-3-8-4-5/h2-6H,1H3;1-4H,(H2,7,9). The van der Waals surface area contributed by atoms with E-state index in [4.69, 9.17) is 5.73 Å². The number of amides is 1. The highest BCUT2D eigenvalue weighted by Gasteiger charge is 2.00. The van der Waals surface area contributed by atoms with Gasteiger partial charge < -0.3 is 10.5 Å². The van der Waals surface area contributed by atoms with E-state index < -0.39 is 5.91 Å². The molecule has 0 aliphatic rings. The Morgan fingerprint density at radius 2 is 1.68 bits per heavy atom. The highest BCUT2D eigenvalue weighted by molar-refractivity contribution is 5.92. The van der Waals surface area contributed by atoms with Crippen LogP contribution in [-0.4, -0.2) is 24.0 Å². The molecule has 0 aliphatic carbocycles. The van der Waals surface area contributed by atoms with Crippen molar-refractivity contribution in [1.82, 2.24) is 4.98 Å². The van der Waals surface area contributed by atoms with Crippen LogP contribution < -0.4 is 5.73 Å². The first kappa shape index (κ1) is 14.4. The number of esters is 1. The number of carbonyl (C=O) groups excluding carboxylic acids is 2. The number of nitrogens with two attached hydrogens (primary N) is 1. The lowest BCUT2D eigenvalue weighted by Crippen LogP contribution is -2.10. The number of carbonyl (C=O) groups is 2. The van der Waals surface area contributed by atoms with Crippen LogP contribution in [0.3, 0.4) is 0 Å². The van der Waals surface area contributed by atoms with E-state index in [9.17, 15) is 9.59 Å². The molecule has 0 unspecified atom stereocenters. The predicted octanol–water partition coefficient (Wildman–Crippen LogP) is 1.65. The minimum atomic E-state index is -0.442. The fourth-order valence-electron chi connectivity index (χ4n) is 1.20. The topological polar surface area (TPSA) is 82.3 Å². The summed E-state index contributed by atoms with van der Waals surface area (Å²) in [5.74, 6) is -0.733. The maximum atomic E-state index is 10.8. The average molecular weight is 258 g/mol. The molecule has 0 fully saturated rings. The molecule has 1 heterocycles. The number of hydrogen-bond acceptors (Lipinski definition) is 4. The Bertz CT molecular complexity index is 527. The number of benzene rings is 1. The Labute approximate surface area is 111 Å². The predicted molar refractivity (Wildman–Crippen MR) is 70.5 cm³/mol. The third-order valence-corrected chi connectivity index (χ3v) is 2.14. The zero-order valence-electron chi connectivity index (χ0n) is 10.4. The monoisotopic (exact) mass is 258 g/mol. The summed E-state index contributed by atoms with van der Waals surface area (Å²) >= 11 is 0. The molecule has 0 radical (unpaired) electrons. The van der Waals surface area contributed by atoms with Gasteiger partial charge in [-0.25, -0.2) is 4.79 Å². The van der Waals surface area contributed by atoms with Crippen molar-refractivity contribution in [2.45, 2.75) is 0 Å². The Balaban J connectivity index is 0.000000191. The number of methoxy groups -OCH3 is 1. The van der Waals surface area contributed by atoms with Crippen molar-refractivity contribution in [3.8, 4) is 0 Å². The van der Waals surface area contributed by atoms with Crippen LogP contribution in [0.5, 0.6) is 0 Å². The van der Waals surface area contributed by atoms with E-state index >= 15 is 0 Å². The van der Waals surface area contributed by atoms with Crippen LogP contribution in [0.2, 0.25) is 0 Å². The molecule has 0 bridgehead atoms. The summed E-state index contributed by atoms with van der Waals surface area (Å²) in [6.07, 6.45) is 3.02. The van der Waals surface area contributed by atoms with Gasteiger partial charge in [0.15, 0.2) is 0 Å². The molecule has 0 spiro atoms. The van der Waals surface area contributed by atoms with Gasteiger partial charge in [-0.1, -0.05) is 18.2 Å². The van der Waals surface area contributed by atoms with Gasteiger partial charge in [-0.3, -0.25) is 9.78 Å². The molecular formula is C14H14N2O3. The summed E-state index contributed by atoms with van der Waals surface area (Å²) < 4.78 is 4.50. The summed E-state index contributed by atoms with van der Waals surface area (Å²) in [5, 5.41) is 0. The van der Waals surface area contributed by atoms with Crippen LogP contribution in [0.1, 0.15) is 20.7 Å². The normalized spacial score (nSPS) is 8.89. The first-order valence-corrected chi connectivity index (χ1v) is 5.48. The third-order valence-electron chi connectivity index (χ3n) is 2.14. The van der Waals surface area contributed by atoms with Crippen LogP contribution in [0.25, 0.3) is 0 Å². The summed E-state index contributed by atoms with van der Waals surface area (Å²) in [6, 6.07) is 12.2. The molecule has 0 saturated carbocycles. The van der Waals surface area contributed by atoms with Gasteiger partial charge in [0.1, 0.15) is 0 Å². The van der Waals surface area contributed by atoms with E-state index in [1.165, 1.54) is 13.3 Å². The van der Waals surface area contributed by atoms with Gasteiger partial charge in [-0.15, -0.1) is 0 Å². The molecule has 2 N–H and O–H groups in total. The minimum Gasteiger partial charge on any atom is -0.465 e. The number of hydrogen-bond donors (Lipinski definition) is 1. The van der Waals surface area contributed by atoms with Crippen molar-refractivity contribution in [3.05, 3.63) is 66.0 Å². The molecule has 98 valence electrons. The van der Waals surface area contributed by atoms with E-state index in [1.54, 1.807) is 42.6 Å². The van der Waals surface area contributed by atoms with Gasteiger partial charge in [0.2, 0.25) is 5.91 Å². The second-order valence-electron chi connectivity index (χ2n) is 3.46.